The quantitative estimate of drug-likeness (QED) is 0.0547. The van der Waals surface area contributed by atoms with Crippen LogP contribution in [0.15, 0.2) is 162 Å². The zero-order valence-corrected chi connectivity index (χ0v) is 34.4. The van der Waals surface area contributed by atoms with Gasteiger partial charge in [0, 0.05) is 35.9 Å². The molecule has 1 aliphatic heterocycles. The van der Waals surface area contributed by atoms with Crippen LogP contribution in [0.1, 0.15) is 52.7 Å². The SMILES string of the molecule is Cc1ccc(S(=O)(=O)N[C@H](Cc2ccccc2)C(=O)NCc2cccc(-c3cccc([C@H]4O[C@@H](CSc5cccc[n+]5[O-])[C@@H](C)[C@@H](c5ccc(CO)cc5)O4)c3)c2)cc1. The third-order valence-electron chi connectivity index (χ3n) is 10.4. The molecule has 1 fully saturated rings. The molecule has 10 nitrogen and oxygen atoms in total. The van der Waals surface area contributed by atoms with E-state index in [1.54, 1.807) is 24.3 Å². The van der Waals surface area contributed by atoms with E-state index < -0.39 is 28.3 Å². The molecule has 304 valence electrons. The Hall–Kier alpha value is -5.34. The number of carbonyl (C=O) groups excluding carboxylic acids is 1. The summed E-state index contributed by atoms with van der Waals surface area (Å²) < 4.78 is 43.6. The first-order chi connectivity index (χ1) is 28.6. The molecule has 5 atom stereocenters. The molecule has 6 aromatic rings. The predicted molar refractivity (Wildman–Crippen MR) is 228 cm³/mol. The second-order valence-electron chi connectivity index (χ2n) is 14.7. The Kier molecular flexibility index (Phi) is 13.6. The number of aromatic nitrogens is 1. The Morgan fingerprint density at radius 3 is 2.22 bits per heavy atom. The van der Waals surface area contributed by atoms with E-state index in [0.717, 1.165) is 49.2 Å². The van der Waals surface area contributed by atoms with Gasteiger partial charge in [0.25, 0.3) is 5.03 Å². The molecule has 0 bridgehead atoms. The molecule has 5 aromatic carbocycles. The van der Waals surface area contributed by atoms with Gasteiger partial charge in [-0.3, -0.25) is 4.79 Å². The van der Waals surface area contributed by atoms with Gasteiger partial charge in [-0.2, -0.15) is 9.45 Å². The number of aliphatic hydroxyl groups excluding tert-OH is 1. The number of amides is 1. The number of aryl methyl sites for hydroxylation is 1. The molecule has 1 saturated heterocycles. The number of ether oxygens (including phenoxy) is 2. The van der Waals surface area contributed by atoms with Gasteiger partial charge in [-0.15, -0.1) is 0 Å². The molecule has 12 heteroatoms. The molecule has 1 amide bonds. The van der Waals surface area contributed by atoms with Crippen molar-refractivity contribution >= 4 is 27.7 Å². The van der Waals surface area contributed by atoms with Gasteiger partial charge in [0.15, 0.2) is 12.5 Å². The number of nitrogens with zero attached hydrogens (tertiary/aromatic N) is 1. The van der Waals surface area contributed by atoms with E-state index in [0.29, 0.717) is 10.8 Å². The molecule has 7 rings (SSSR count). The summed E-state index contributed by atoms with van der Waals surface area (Å²) in [4.78, 5) is 13.8. The van der Waals surface area contributed by atoms with Crippen molar-refractivity contribution in [1.29, 1.82) is 0 Å². The number of nitrogens with one attached hydrogen (secondary N) is 2. The fourth-order valence-electron chi connectivity index (χ4n) is 7.05. The molecule has 0 unspecified atom stereocenters. The van der Waals surface area contributed by atoms with Crippen LogP contribution >= 0.6 is 11.8 Å². The minimum Gasteiger partial charge on any atom is -0.618 e. The van der Waals surface area contributed by atoms with Crippen LogP contribution in [-0.2, 0) is 43.9 Å². The summed E-state index contributed by atoms with van der Waals surface area (Å²) in [6.45, 7) is 4.10. The Morgan fingerprint density at radius 2 is 1.49 bits per heavy atom. The van der Waals surface area contributed by atoms with Crippen molar-refractivity contribution in [3.63, 3.8) is 0 Å². The van der Waals surface area contributed by atoms with Crippen molar-refractivity contribution in [2.45, 2.75) is 67.9 Å². The molecule has 3 N–H and O–H groups in total. The number of thioether (sulfide) groups is 1. The lowest BCUT2D eigenvalue weighted by Gasteiger charge is -2.41. The minimum absolute atomic E-state index is 0.0517. The van der Waals surface area contributed by atoms with Crippen molar-refractivity contribution < 1.29 is 32.5 Å². The summed E-state index contributed by atoms with van der Waals surface area (Å²) in [7, 11) is -3.98. The van der Waals surface area contributed by atoms with E-state index >= 15 is 0 Å². The van der Waals surface area contributed by atoms with Crippen molar-refractivity contribution in [3.05, 3.63) is 190 Å². The van der Waals surface area contributed by atoms with Gasteiger partial charge in [0.1, 0.15) is 6.04 Å². The van der Waals surface area contributed by atoms with E-state index in [9.17, 15) is 23.5 Å². The van der Waals surface area contributed by atoms with Crippen LogP contribution in [0.3, 0.4) is 0 Å². The van der Waals surface area contributed by atoms with E-state index in [-0.39, 0.29) is 42.6 Å². The highest BCUT2D eigenvalue weighted by Crippen LogP contribution is 2.43. The van der Waals surface area contributed by atoms with E-state index in [2.05, 4.69) is 17.0 Å². The van der Waals surface area contributed by atoms with Crippen LogP contribution in [0.4, 0.5) is 0 Å². The maximum absolute atomic E-state index is 13.7. The maximum atomic E-state index is 13.7. The number of hydrogen-bond donors (Lipinski definition) is 3. The molecular formula is C47H47N3O7S2. The highest BCUT2D eigenvalue weighted by molar-refractivity contribution is 7.99. The van der Waals surface area contributed by atoms with Crippen molar-refractivity contribution in [1.82, 2.24) is 10.0 Å². The molecule has 2 heterocycles. The Morgan fingerprint density at radius 1 is 0.797 bits per heavy atom. The maximum Gasteiger partial charge on any atom is 0.251 e. The summed E-state index contributed by atoms with van der Waals surface area (Å²) in [5.41, 5.74) is 7.02. The fraction of sp³-hybridized carbons (Fsp3) is 0.234. The standard InChI is InChI=1S/C47H47N3O7S2/c1-32-17-23-41(24-18-32)59(54,55)49-42(27-34-10-4-3-5-11-34)46(52)48-29-36-12-8-13-38(26-36)39-14-9-15-40(28-39)47-56-43(31-58-44-16-6-7-25-50(44)53)33(2)45(57-47)37-21-19-35(30-51)20-22-37/h3-26,28,33,42-43,45,47,49,51H,27,29-31H2,1-2H3,(H,48,52)/t33-,42-,43+,45+,47+/m1/s1. The van der Waals surface area contributed by atoms with Gasteiger partial charge in [0.05, 0.1) is 23.7 Å². The van der Waals surface area contributed by atoms with Crippen LogP contribution < -0.4 is 14.8 Å². The van der Waals surface area contributed by atoms with Gasteiger partial charge in [0.2, 0.25) is 15.9 Å². The number of carbonyl (C=O) groups is 1. The van der Waals surface area contributed by atoms with Gasteiger partial charge < -0.3 is 25.1 Å². The third-order valence-corrected chi connectivity index (χ3v) is 13.0. The van der Waals surface area contributed by atoms with Crippen molar-refractivity contribution in [2.75, 3.05) is 5.75 Å². The minimum atomic E-state index is -3.98. The first kappa shape index (κ1) is 41.8. The second-order valence-corrected chi connectivity index (χ2v) is 17.5. The Bertz CT molecular complexity index is 2450. The summed E-state index contributed by atoms with van der Waals surface area (Å²) >= 11 is 1.44. The van der Waals surface area contributed by atoms with Crippen molar-refractivity contribution in [3.8, 4) is 11.1 Å². The van der Waals surface area contributed by atoms with Crippen LogP contribution in [-0.4, -0.2) is 37.3 Å². The van der Waals surface area contributed by atoms with Gasteiger partial charge in [-0.25, -0.2) is 8.42 Å². The highest BCUT2D eigenvalue weighted by atomic mass is 32.2. The normalized spacial score (nSPS) is 18.6. The topological polar surface area (TPSA) is 141 Å². The van der Waals surface area contributed by atoms with E-state index in [4.69, 9.17) is 9.47 Å². The molecule has 0 radical (unpaired) electrons. The third kappa shape index (κ3) is 10.6. The van der Waals surface area contributed by atoms with E-state index in [1.165, 1.54) is 30.1 Å². The average Bonchev–Trinajstić information content (AvgIpc) is 3.26. The number of aliphatic hydroxyl groups is 1. The summed E-state index contributed by atoms with van der Waals surface area (Å²) in [6, 6.07) is 43.7. The number of hydrogen-bond acceptors (Lipinski definition) is 8. The molecule has 0 aliphatic carbocycles. The smallest absolute Gasteiger partial charge is 0.251 e. The average molecular weight is 830 g/mol. The second kappa shape index (κ2) is 19.2. The Balaban J connectivity index is 1.08. The van der Waals surface area contributed by atoms with Gasteiger partial charge in [-0.05, 0) is 77.1 Å². The lowest BCUT2D eigenvalue weighted by atomic mass is 9.91. The molecule has 0 spiro atoms. The molecule has 1 aromatic heterocycles. The lowest BCUT2D eigenvalue weighted by Crippen LogP contribution is -2.47. The zero-order chi connectivity index (χ0) is 41.4. The van der Waals surface area contributed by atoms with Crippen LogP contribution in [0.25, 0.3) is 11.1 Å². The van der Waals surface area contributed by atoms with Crippen molar-refractivity contribution in [2.24, 2.45) is 5.92 Å². The number of sulfonamides is 1. The molecular weight excluding hydrogens is 783 g/mol. The number of benzene rings is 5. The van der Waals surface area contributed by atoms with Crippen LogP contribution in [0.2, 0.25) is 0 Å². The summed E-state index contributed by atoms with van der Waals surface area (Å²) in [6.07, 6.45) is 0.379. The zero-order valence-electron chi connectivity index (χ0n) is 32.8. The summed E-state index contributed by atoms with van der Waals surface area (Å²) in [5.74, 6) is 0.0390. The molecule has 59 heavy (non-hydrogen) atoms. The summed E-state index contributed by atoms with van der Waals surface area (Å²) in [5, 5.41) is 25.6. The number of pyridine rings is 1. The lowest BCUT2D eigenvalue weighted by molar-refractivity contribution is -0.645. The van der Waals surface area contributed by atoms with Crippen LogP contribution in [0.5, 0.6) is 0 Å². The number of rotatable bonds is 15. The first-order valence-electron chi connectivity index (χ1n) is 19.5. The van der Waals surface area contributed by atoms with E-state index in [1.807, 2.05) is 116 Å². The predicted octanol–water partition coefficient (Wildman–Crippen LogP) is 7.58. The van der Waals surface area contributed by atoms with Crippen LogP contribution in [0, 0.1) is 18.0 Å². The monoisotopic (exact) mass is 829 g/mol. The largest absolute Gasteiger partial charge is 0.618 e. The highest BCUT2D eigenvalue weighted by Gasteiger charge is 2.39. The molecule has 1 aliphatic rings. The van der Waals surface area contributed by atoms with Gasteiger partial charge in [-0.1, -0.05) is 127 Å². The Labute approximate surface area is 349 Å². The fourth-order valence-corrected chi connectivity index (χ4v) is 9.33. The first-order valence-corrected chi connectivity index (χ1v) is 21.9. The molecule has 0 saturated carbocycles. The van der Waals surface area contributed by atoms with Gasteiger partial charge >= 0.3 is 0 Å².